The van der Waals surface area contributed by atoms with Crippen LogP contribution in [0.3, 0.4) is 0 Å². The number of imidazole rings is 1. The summed E-state index contributed by atoms with van der Waals surface area (Å²) in [4.78, 5) is 30.6. The molecule has 0 aliphatic heterocycles. The molecule has 0 spiro atoms. The molecule has 31 heavy (non-hydrogen) atoms. The van der Waals surface area contributed by atoms with Gasteiger partial charge in [0.2, 0.25) is 0 Å². The standard InChI is InChI=1S/C22H27ClN4O4/c1-25-19-18(20(29)26(22(25)30)12-5-13-28)27(14-15-8-10-16(23)11-9-15)21(24-19)31-17-6-3-2-4-7-17/h8-11,17,28H,2-7,12-14H2,1H3. The molecule has 0 unspecified atom stereocenters. The fourth-order valence-corrected chi connectivity index (χ4v) is 4.24. The number of aromatic nitrogens is 4. The van der Waals surface area contributed by atoms with Crippen LogP contribution in [0.2, 0.25) is 5.02 Å². The van der Waals surface area contributed by atoms with Gasteiger partial charge in [0.25, 0.3) is 11.6 Å². The van der Waals surface area contributed by atoms with Crippen LogP contribution in [0.5, 0.6) is 6.01 Å². The Labute approximate surface area is 184 Å². The van der Waals surface area contributed by atoms with Crippen molar-refractivity contribution in [3.05, 3.63) is 55.7 Å². The molecule has 0 radical (unpaired) electrons. The first-order chi connectivity index (χ1) is 15.0. The lowest BCUT2D eigenvalue weighted by molar-refractivity contribution is 0.137. The molecular formula is C22H27ClN4O4. The Kier molecular flexibility index (Phi) is 6.48. The van der Waals surface area contributed by atoms with E-state index in [4.69, 9.17) is 16.3 Å². The first kappa shape index (κ1) is 21.6. The van der Waals surface area contributed by atoms with Crippen molar-refractivity contribution in [2.75, 3.05) is 6.61 Å². The van der Waals surface area contributed by atoms with Crippen LogP contribution < -0.4 is 16.0 Å². The number of hydrogen-bond donors (Lipinski definition) is 1. The molecule has 3 aromatic rings. The zero-order chi connectivity index (χ0) is 22.0. The van der Waals surface area contributed by atoms with Gasteiger partial charge in [-0.05, 0) is 49.8 Å². The second kappa shape index (κ2) is 9.28. The van der Waals surface area contributed by atoms with Crippen molar-refractivity contribution in [2.45, 2.75) is 57.7 Å². The number of aliphatic hydroxyl groups is 1. The predicted octanol–water partition coefficient (Wildman–Crippen LogP) is 2.69. The molecule has 1 fully saturated rings. The molecule has 1 aliphatic rings. The number of ether oxygens (including phenoxy) is 1. The minimum Gasteiger partial charge on any atom is -0.461 e. The fraction of sp³-hybridized carbons (Fsp3) is 0.500. The molecule has 1 N–H and O–H groups in total. The third-order valence-electron chi connectivity index (χ3n) is 5.82. The highest BCUT2D eigenvalue weighted by atomic mass is 35.5. The van der Waals surface area contributed by atoms with E-state index in [2.05, 4.69) is 4.98 Å². The van der Waals surface area contributed by atoms with Crippen molar-refractivity contribution in [1.29, 1.82) is 0 Å². The van der Waals surface area contributed by atoms with Gasteiger partial charge in [-0.25, -0.2) is 4.79 Å². The molecule has 2 aromatic heterocycles. The van der Waals surface area contributed by atoms with Crippen LogP contribution in [0.1, 0.15) is 44.1 Å². The molecule has 0 amide bonds. The average Bonchev–Trinajstić information content (AvgIpc) is 3.12. The van der Waals surface area contributed by atoms with E-state index in [-0.39, 0.29) is 19.3 Å². The van der Waals surface area contributed by atoms with Gasteiger partial charge < -0.3 is 9.84 Å². The second-order valence-corrected chi connectivity index (χ2v) is 8.47. The van der Waals surface area contributed by atoms with Crippen molar-refractivity contribution in [3.63, 3.8) is 0 Å². The second-order valence-electron chi connectivity index (χ2n) is 8.03. The molecule has 4 rings (SSSR count). The van der Waals surface area contributed by atoms with E-state index >= 15 is 0 Å². The first-order valence-electron chi connectivity index (χ1n) is 10.7. The Hall–Kier alpha value is -2.58. The summed E-state index contributed by atoms with van der Waals surface area (Å²) in [5.41, 5.74) is 0.681. The Morgan fingerprint density at radius 3 is 2.52 bits per heavy atom. The summed E-state index contributed by atoms with van der Waals surface area (Å²) in [6, 6.07) is 7.74. The number of fused-ring (bicyclic) bond motifs is 1. The number of benzene rings is 1. The van der Waals surface area contributed by atoms with Crippen LogP contribution in [-0.2, 0) is 20.1 Å². The highest BCUT2D eigenvalue weighted by Crippen LogP contribution is 2.26. The van der Waals surface area contributed by atoms with E-state index < -0.39 is 11.2 Å². The number of aryl methyl sites for hydroxylation is 1. The van der Waals surface area contributed by atoms with E-state index in [1.165, 1.54) is 11.0 Å². The summed E-state index contributed by atoms with van der Waals surface area (Å²) in [6.07, 6.45) is 5.67. The van der Waals surface area contributed by atoms with Gasteiger partial charge in [-0.1, -0.05) is 30.2 Å². The monoisotopic (exact) mass is 446 g/mol. The van der Waals surface area contributed by atoms with Crippen molar-refractivity contribution in [1.82, 2.24) is 18.7 Å². The molecular weight excluding hydrogens is 420 g/mol. The lowest BCUT2D eigenvalue weighted by atomic mass is 9.98. The third kappa shape index (κ3) is 4.41. The summed E-state index contributed by atoms with van der Waals surface area (Å²) in [5, 5.41) is 9.81. The van der Waals surface area contributed by atoms with Gasteiger partial charge in [-0.3, -0.25) is 18.5 Å². The van der Waals surface area contributed by atoms with E-state index in [1.807, 2.05) is 12.1 Å². The molecule has 1 saturated carbocycles. The molecule has 0 saturated heterocycles. The van der Waals surface area contributed by atoms with Crippen molar-refractivity contribution < 1.29 is 9.84 Å². The Balaban J connectivity index is 1.86. The van der Waals surface area contributed by atoms with Crippen LogP contribution in [-0.4, -0.2) is 36.5 Å². The summed E-state index contributed by atoms with van der Waals surface area (Å²) >= 11 is 6.03. The van der Waals surface area contributed by atoms with E-state index in [9.17, 15) is 14.7 Å². The van der Waals surface area contributed by atoms with Crippen molar-refractivity contribution in [2.24, 2.45) is 7.05 Å². The summed E-state index contributed by atoms with van der Waals surface area (Å²) in [5.74, 6) is 0. The van der Waals surface area contributed by atoms with Crippen LogP contribution in [0.15, 0.2) is 33.9 Å². The molecule has 166 valence electrons. The quantitative estimate of drug-likeness (QED) is 0.602. The number of aliphatic hydroxyl groups excluding tert-OH is 1. The number of rotatable bonds is 7. The van der Waals surface area contributed by atoms with Crippen molar-refractivity contribution >= 4 is 22.8 Å². The van der Waals surface area contributed by atoms with Crippen LogP contribution in [0.25, 0.3) is 11.2 Å². The fourth-order valence-electron chi connectivity index (χ4n) is 4.12. The minimum absolute atomic E-state index is 0.0446. The average molecular weight is 447 g/mol. The molecule has 0 atom stereocenters. The summed E-state index contributed by atoms with van der Waals surface area (Å²) < 4.78 is 10.5. The lowest BCUT2D eigenvalue weighted by Crippen LogP contribution is -2.40. The predicted molar refractivity (Wildman–Crippen MR) is 119 cm³/mol. The molecule has 2 heterocycles. The lowest BCUT2D eigenvalue weighted by Gasteiger charge is -2.22. The summed E-state index contributed by atoms with van der Waals surface area (Å²) in [6.45, 7) is 0.403. The van der Waals surface area contributed by atoms with Gasteiger partial charge in [0.1, 0.15) is 6.10 Å². The van der Waals surface area contributed by atoms with Gasteiger partial charge in [-0.2, -0.15) is 4.98 Å². The zero-order valence-corrected chi connectivity index (χ0v) is 18.3. The third-order valence-corrected chi connectivity index (χ3v) is 6.07. The molecule has 1 aromatic carbocycles. The van der Waals surface area contributed by atoms with Gasteiger partial charge in [0.05, 0.1) is 6.54 Å². The highest BCUT2D eigenvalue weighted by Gasteiger charge is 2.24. The molecule has 9 heteroatoms. The molecule has 0 bridgehead atoms. The van der Waals surface area contributed by atoms with Crippen LogP contribution >= 0.6 is 11.6 Å². The smallest absolute Gasteiger partial charge is 0.332 e. The van der Waals surface area contributed by atoms with Gasteiger partial charge in [0, 0.05) is 25.2 Å². The Bertz CT molecular complexity index is 1170. The van der Waals surface area contributed by atoms with E-state index in [0.29, 0.717) is 35.2 Å². The number of halogens is 1. The van der Waals surface area contributed by atoms with Crippen LogP contribution in [0.4, 0.5) is 0 Å². The van der Waals surface area contributed by atoms with Gasteiger partial charge in [0.15, 0.2) is 11.2 Å². The number of hydrogen-bond acceptors (Lipinski definition) is 5. The molecule has 1 aliphatic carbocycles. The van der Waals surface area contributed by atoms with Gasteiger partial charge >= 0.3 is 5.69 Å². The maximum absolute atomic E-state index is 13.3. The maximum atomic E-state index is 13.3. The van der Waals surface area contributed by atoms with E-state index in [1.54, 1.807) is 23.7 Å². The normalized spacial score (nSPS) is 14.9. The zero-order valence-electron chi connectivity index (χ0n) is 17.6. The van der Waals surface area contributed by atoms with Crippen LogP contribution in [0, 0.1) is 0 Å². The maximum Gasteiger partial charge on any atom is 0.332 e. The molecule has 8 nitrogen and oxygen atoms in total. The van der Waals surface area contributed by atoms with E-state index in [0.717, 1.165) is 35.8 Å². The first-order valence-corrected chi connectivity index (χ1v) is 11.1. The Morgan fingerprint density at radius 2 is 1.84 bits per heavy atom. The summed E-state index contributed by atoms with van der Waals surface area (Å²) in [7, 11) is 1.60. The topological polar surface area (TPSA) is 91.3 Å². The number of nitrogens with zero attached hydrogens (tertiary/aromatic N) is 4. The van der Waals surface area contributed by atoms with Gasteiger partial charge in [-0.15, -0.1) is 0 Å². The Morgan fingerprint density at radius 1 is 1.13 bits per heavy atom. The largest absolute Gasteiger partial charge is 0.461 e. The van der Waals surface area contributed by atoms with Crippen molar-refractivity contribution in [3.8, 4) is 6.01 Å². The minimum atomic E-state index is -0.452. The SMILES string of the molecule is Cn1c(=O)n(CCCO)c(=O)c2c1nc(OC1CCCCC1)n2Cc1ccc(Cl)cc1. The highest BCUT2D eigenvalue weighted by molar-refractivity contribution is 6.30.